The molecule has 0 saturated heterocycles. The maximum atomic E-state index is 13.7. The number of hydrogen-bond acceptors (Lipinski definition) is 5. The zero-order valence-electron chi connectivity index (χ0n) is 15.2. The number of hydrogen-bond donors (Lipinski definition) is 0. The van der Waals surface area contributed by atoms with Crippen LogP contribution < -0.4 is 9.47 Å². The normalized spacial score (nSPS) is 12.1. The molecule has 0 aliphatic rings. The number of benzene rings is 2. The van der Waals surface area contributed by atoms with Crippen LogP contribution in [0.1, 0.15) is 11.1 Å². The van der Waals surface area contributed by atoms with Crippen molar-refractivity contribution in [3.63, 3.8) is 0 Å². The summed E-state index contributed by atoms with van der Waals surface area (Å²) in [5.41, 5.74) is -5.16. The molecule has 1 heterocycles. The zero-order valence-corrected chi connectivity index (χ0v) is 15.2. The van der Waals surface area contributed by atoms with Gasteiger partial charge in [0.15, 0.2) is 11.2 Å². The Morgan fingerprint density at radius 3 is 1.39 bits per heavy atom. The molecule has 1 aromatic heterocycles. The minimum atomic E-state index is -5.15. The average molecular weight is 444 g/mol. The number of alkyl halides is 6. The second-order valence-corrected chi connectivity index (χ2v) is 5.98. The molecular weight excluding hydrogens is 434 g/mol. The number of carbonyl (C=O) groups excluding carboxylic acids is 2. The number of rotatable bonds is 4. The van der Waals surface area contributed by atoms with Crippen LogP contribution in [0, 0.1) is 0 Å². The minimum absolute atomic E-state index is 0.326. The van der Waals surface area contributed by atoms with Crippen molar-refractivity contribution < 1.29 is 49.8 Å². The molecular formula is C20H10F6O5. The molecule has 0 unspecified atom stereocenters. The van der Waals surface area contributed by atoms with Gasteiger partial charge in [0.25, 0.3) is 0 Å². The van der Waals surface area contributed by atoms with E-state index < -0.39 is 58.1 Å². The predicted octanol–water partition coefficient (Wildman–Crippen LogP) is 5.81. The molecule has 0 fully saturated rings. The second kappa shape index (κ2) is 7.49. The largest absolute Gasteiger partial charge is 0.454 e. The Morgan fingerprint density at radius 2 is 1.10 bits per heavy atom. The van der Waals surface area contributed by atoms with Gasteiger partial charge in [-0.2, -0.15) is 26.3 Å². The van der Waals surface area contributed by atoms with Crippen LogP contribution in [0.2, 0.25) is 0 Å². The smallest absolute Gasteiger partial charge is 0.423 e. The van der Waals surface area contributed by atoms with E-state index >= 15 is 0 Å². The van der Waals surface area contributed by atoms with E-state index in [0.29, 0.717) is 12.2 Å². The molecule has 0 aliphatic carbocycles. The summed E-state index contributed by atoms with van der Waals surface area (Å²) in [5, 5.41) is -0.652. The van der Waals surface area contributed by atoms with Crippen molar-refractivity contribution in [2.24, 2.45) is 0 Å². The summed E-state index contributed by atoms with van der Waals surface area (Å²) in [6.07, 6.45) is -9.07. The first kappa shape index (κ1) is 21.9. The van der Waals surface area contributed by atoms with E-state index in [0.717, 1.165) is 24.3 Å². The van der Waals surface area contributed by atoms with Gasteiger partial charge in [0.2, 0.25) is 0 Å². The van der Waals surface area contributed by atoms with Crippen molar-refractivity contribution in [3.8, 4) is 11.5 Å². The van der Waals surface area contributed by atoms with E-state index in [9.17, 15) is 35.9 Å². The van der Waals surface area contributed by atoms with Crippen LogP contribution in [0.3, 0.4) is 0 Å². The fourth-order valence-electron chi connectivity index (χ4n) is 2.87. The molecule has 31 heavy (non-hydrogen) atoms. The first-order valence-electron chi connectivity index (χ1n) is 8.23. The standard InChI is InChI=1S/C20H10F6O5/c1-3-13(27)29-11-7-5-9-10-6-8-12(30-14(28)4-2)16(20(24,25)26)18(10)31-17(9)15(11)19(21,22)23/h3-8H,1-2H2. The van der Waals surface area contributed by atoms with Gasteiger partial charge in [-0.25, -0.2) is 9.59 Å². The van der Waals surface area contributed by atoms with Gasteiger partial charge in [0.1, 0.15) is 22.6 Å². The molecule has 0 saturated carbocycles. The highest BCUT2D eigenvalue weighted by molar-refractivity contribution is 6.08. The lowest BCUT2D eigenvalue weighted by Gasteiger charge is -2.12. The number of carbonyl (C=O) groups is 2. The van der Waals surface area contributed by atoms with Gasteiger partial charge >= 0.3 is 24.3 Å². The van der Waals surface area contributed by atoms with E-state index in [1.54, 1.807) is 0 Å². The predicted molar refractivity (Wildman–Crippen MR) is 95.4 cm³/mol. The highest BCUT2D eigenvalue weighted by Gasteiger charge is 2.42. The highest BCUT2D eigenvalue weighted by Crippen LogP contribution is 2.48. The van der Waals surface area contributed by atoms with E-state index in [2.05, 4.69) is 22.6 Å². The van der Waals surface area contributed by atoms with Crippen LogP contribution >= 0.6 is 0 Å². The van der Waals surface area contributed by atoms with Gasteiger partial charge in [-0.1, -0.05) is 13.2 Å². The third-order valence-corrected chi connectivity index (χ3v) is 4.05. The maximum absolute atomic E-state index is 13.7. The molecule has 0 aliphatic heterocycles. The number of halogens is 6. The van der Waals surface area contributed by atoms with Crippen molar-refractivity contribution in [3.05, 3.63) is 60.7 Å². The van der Waals surface area contributed by atoms with Gasteiger partial charge in [-0.3, -0.25) is 0 Å². The number of fused-ring (bicyclic) bond motifs is 3. The monoisotopic (exact) mass is 444 g/mol. The Kier molecular flexibility index (Phi) is 5.30. The molecule has 0 radical (unpaired) electrons. The summed E-state index contributed by atoms with van der Waals surface area (Å²) in [5.74, 6) is -4.38. The number of ether oxygens (including phenoxy) is 2. The Morgan fingerprint density at radius 1 is 0.742 bits per heavy atom. The Bertz CT molecular complexity index is 1140. The topological polar surface area (TPSA) is 65.7 Å². The SMILES string of the molecule is C=CC(=O)Oc1ccc2c(oc3c(C(F)(F)F)c(OC(=O)C=C)ccc32)c1C(F)(F)F. The first-order chi connectivity index (χ1) is 14.4. The van der Waals surface area contributed by atoms with Gasteiger partial charge < -0.3 is 13.9 Å². The lowest BCUT2D eigenvalue weighted by Crippen LogP contribution is -2.12. The number of furan rings is 1. The molecule has 11 heteroatoms. The number of esters is 2. The molecule has 2 aromatic carbocycles. The third-order valence-electron chi connectivity index (χ3n) is 4.05. The van der Waals surface area contributed by atoms with Gasteiger partial charge in [0.05, 0.1) is 0 Å². The van der Waals surface area contributed by atoms with Crippen molar-refractivity contribution in [2.45, 2.75) is 12.4 Å². The van der Waals surface area contributed by atoms with E-state index in [1.165, 1.54) is 0 Å². The van der Waals surface area contributed by atoms with Crippen molar-refractivity contribution in [1.82, 2.24) is 0 Å². The summed E-state index contributed by atoms with van der Waals surface area (Å²) >= 11 is 0. The maximum Gasteiger partial charge on any atom is 0.423 e. The molecule has 0 spiro atoms. The second-order valence-electron chi connectivity index (χ2n) is 5.98. The fraction of sp³-hybridized carbons (Fsp3) is 0.100. The van der Waals surface area contributed by atoms with Crippen molar-refractivity contribution in [2.75, 3.05) is 0 Å². The van der Waals surface area contributed by atoms with Crippen LogP contribution in [0.5, 0.6) is 11.5 Å². The van der Waals surface area contributed by atoms with E-state index in [1.807, 2.05) is 0 Å². The van der Waals surface area contributed by atoms with Gasteiger partial charge in [-0.05, 0) is 24.3 Å². The van der Waals surface area contributed by atoms with Crippen LogP contribution in [-0.2, 0) is 21.9 Å². The van der Waals surface area contributed by atoms with Crippen LogP contribution in [-0.4, -0.2) is 11.9 Å². The summed E-state index contributed by atoms with van der Waals surface area (Å²) in [6.45, 7) is 6.14. The molecule has 162 valence electrons. The molecule has 0 amide bonds. The average Bonchev–Trinajstić information content (AvgIpc) is 3.03. The summed E-state index contributed by atoms with van der Waals surface area (Å²) in [6, 6.07) is 3.58. The Hall–Kier alpha value is -3.76. The molecule has 5 nitrogen and oxygen atoms in total. The van der Waals surface area contributed by atoms with Crippen LogP contribution in [0.4, 0.5) is 26.3 Å². The van der Waals surface area contributed by atoms with E-state index in [4.69, 9.17) is 4.42 Å². The minimum Gasteiger partial charge on any atom is -0.454 e. The quantitative estimate of drug-likeness (QED) is 0.220. The molecule has 0 bridgehead atoms. The van der Waals surface area contributed by atoms with Gasteiger partial charge in [-0.15, -0.1) is 0 Å². The van der Waals surface area contributed by atoms with Crippen LogP contribution in [0.15, 0.2) is 54.0 Å². The van der Waals surface area contributed by atoms with E-state index in [-0.39, 0.29) is 10.8 Å². The lowest BCUT2D eigenvalue weighted by molar-refractivity contribution is -0.141. The molecule has 3 rings (SSSR count). The fourth-order valence-corrected chi connectivity index (χ4v) is 2.87. The lowest BCUT2D eigenvalue weighted by atomic mass is 10.0. The zero-order chi connectivity index (χ0) is 23.1. The van der Waals surface area contributed by atoms with Crippen LogP contribution in [0.25, 0.3) is 21.9 Å². The van der Waals surface area contributed by atoms with Crippen molar-refractivity contribution >= 4 is 33.9 Å². The summed E-state index contributed by atoms with van der Waals surface area (Å²) in [7, 11) is 0. The Labute approximate surface area is 169 Å². The Balaban J connectivity index is 2.42. The first-order valence-corrected chi connectivity index (χ1v) is 8.23. The molecule has 3 aromatic rings. The van der Waals surface area contributed by atoms with Crippen molar-refractivity contribution in [1.29, 1.82) is 0 Å². The highest BCUT2D eigenvalue weighted by atomic mass is 19.4. The summed E-state index contributed by atoms with van der Waals surface area (Å²) < 4.78 is 96.4. The third kappa shape index (κ3) is 3.98. The molecule has 0 atom stereocenters. The molecule has 0 N–H and O–H groups in total. The summed E-state index contributed by atoms with van der Waals surface area (Å²) in [4.78, 5) is 22.8. The van der Waals surface area contributed by atoms with Gasteiger partial charge in [0, 0.05) is 22.9 Å².